The van der Waals surface area contributed by atoms with Gasteiger partial charge in [0.25, 0.3) is 0 Å². The molecule has 0 bridgehead atoms. The molecule has 0 aliphatic heterocycles. The van der Waals surface area contributed by atoms with Gasteiger partial charge in [-0.3, -0.25) is 4.98 Å². The first-order chi connectivity index (χ1) is 9.00. The predicted molar refractivity (Wildman–Crippen MR) is 62.9 cm³/mol. The number of alkyl halides is 3. The van der Waals surface area contributed by atoms with Gasteiger partial charge in [-0.25, -0.2) is 4.98 Å². The van der Waals surface area contributed by atoms with Crippen LogP contribution in [0.5, 0.6) is 11.6 Å². The molecule has 0 aliphatic rings. The lowest BCUT2D eigenvalue weighted by atomic mass is 10.2. The highest BCUT2D eigenvalue weighted by Crippen LogP contribution is 2.31. The molecule has 6 heteroatoms. The largest absolute Gasteiger partial charge is 0.437 e. The van der Waals surface area contributed by atoms with E-state index >= 15 is 0 Å². The summed E-state index contributed by atoms with van der Waals surface area (Å²) in [5, 5.41) is 0. The zero-order valence-electron chi connectivity index (χ0n) is 10.1. The van der Waals surface area contributed by atoms with Crippen LogP contribution in [0.25, 0.3) is 0 Å². The Kier molecular flexibility index (Phi) is 3.69. The van der Waals surface area contributed by atoms with Crippen LogP contribution in [0.2, 0.25) is 0 Å². The second-order valence-corrected chi connectivity index (χ2v) is 3.79. The van der Waals surface area contributed by atoms with E-state index in [0.717, 1.165) is 12.1 Å². The van der Waals surface area contributed by atoms with Gasteiger partial charge < -0.3 is 4.74 Å². The number of hydrogen-bond acceptors (Lipinski definition) is 3. The van der Waals surface area contributed by atoms with Crippen LogP contribution in [0, 0.1) is 0 Å². The van der Waals surface area contributed by atoms with Crippen LogP contribution in [0.1, 0.15) is 18.2 Å². The molecule has 19 heavy (non-hydrogen) atoms. The second-order valence-electron chi connectivity index (χ2n) is 3.79. The fraction of sp³-hybridized carbons (Fsp3) is 0.231. The Hall–Kier alpha value is -2.11. The minimum absolute atomic E-state index is 0.295. The van der Waals surface area contributed by atoms with Gasteiger partial charge >= 0.3 is 6.18 Å². The zero-order chi connectivity index (χ0) is 13.9. The summed E-state index contributed by atoms with van der Waals surface area (Å²) >= 11 is 0. The number of nitrogens with zero attached hydrogens (tertiary/aromatic N) is 2. The molecule has 3 nitrogen and oxygen atoms in total. The third-order valence-electron chi connectivity index (χ3n) is 2.47. The van der Waals surface area contributed by atoms with E-state index in [1.54, 1.807) is 6.20 Å². The topological polar surface area (TPSA) is 35.0 Å². The van der Waals surface area contributed by atoms with E-state index in [2.05, 4.69) is 9.97 Å². The molecule has 0 N–H and O–H groups in total. The highest BCUT2D eigenvalue weighted by Gasteiger charge is 2.30. The quantitative estimate of drug-likeness (QED) is 0.848. The molecule has 0 saturated carbocycles. The van der Waals surface area contributed by atoms with Gasteiger partial charge in [0.1, 0.15) is 11.4 Å². The Balaban J connectivity index is 2.20. The Bertz CT molecular complexity index is 553. The zero-order valence-corrected chi connectivity index (χ0v) is 10.1. The van der Waals surface area contributed by atoms with Crippen molar-refractivity contribution in [2.45, 2.75) is 19.5 Å². The van der Waals surface area contributed by atoms with Gasteiger partial charge in [0.2, 0.25) is 5.88 Å². The first kappa shape index (κ1) is 13.3. The first-order valence-corrected chi connectivity index (χ1v) is 5.65. The maximum atomic E-state index is 12.4. The van der Waals surface area contributed by atoms with Crippen molar-refractivity contribution < 1.29 is 17.9 Å². The molecular weight excluding hydrogens is 257 g/mol. The Labute approximate surface area is 108 Å². The van der Waals surface area contributed by atoms with Gasteiger partial charge in [0.15, 0.2) is 0 Å². The Morgan fingerprint density at radius 2 is 1.68 bits per heavy atom. The van der Waals surface area contributed by atoms with E-state index in [1.807, 2.05) is 6.92 Å². The smallest absolute Gasteiger partial charge is 0.416 e. The average molecular weight is 268 g/mol. The van der Waals surface area contributed by atoms with Crippen molar-refractivity contribution in [2.75, 3.05) is 0 Å². The summed E-state index contributed by atoms with van der Waals surface area (Å²) in [5.74, 6) is 0.605. The van der Waals surface area contributed by atoms with Crippen molar-refractivity contribution in [3.05, 3.63) is 47.9 Å². The van der Waals surface area contributed by atoms with E-state index in [4.69, 9.17) is 4.74 Å². The SMILES string of the molecule is CCc1nccnc1Oc1ccc(C(F)(F)F)cc1. The summed E-state index contributed by atoms with van der Waals surface area (Å²) < 4.78 is 42.6. The fourth-order valence-corrected chi connectivity index (χ4v) is 1.51. The molecule has 0 fully saturated rings. The highest BCUT2D eigenvalue weighted by molar-refractivity contribution is 5.32. The number of hydrogen-bond donors (Lipinski definition) is 0. The summed E-state index contributed by atoms with van der Waals surface area (Å²) in [6.07, 6.45) is -0.708. The van der Waals surface area contributed by atoms with Crippen molar-refractivity contribution in [1.82, 2.24) is 9.97 Å². The van der Waals surface area contributed by atoms with E-state index < -0.39 is 11.7 Å². The Morgan fingerprint density at radius 1 is 1.05 bits per heavy atom. The van der Waals surface area contributed by atoms with Crippen molar-refractivity contribution in [3.8, 4) is 11.6 Å². The fourth-order valence-electron chi connectivity index (χ4n) is 1.51. The molecule has 0 aliphatic carbocycles. The molecule has 0 unspecified atom stereocenters. The van der Waals surface area contributed by atoms with Crippen LogP contribution < -0.4 is 4.74 Å². The summed E-state index contributed by atoms with van der Waals surface area (Å²) in [5.41, 5.74) is -0.0582. The maximum absolute atomic E-state index is 12.4. The van der Waals surface area contributed by atoms with Crippen LogP contribution in [0.4, 0.5) is 13.2 Å². The van der Waals surface area contributed by atoms with Crippen LogP contribution >= 0.6 is 0 Å². The molecule has 0 radical (unpaired) electrons. The van der Waals surface area contributed by atoms with Crippen LogP contribution in [0.3, 0.4) is 0 Å². The molecule has 0 saturated heterocycles. The number of rotatable bonds is 3. The van der Waals surface area contributed by atoms with Crippen LogP contribution in [0.15, 0.2) is 36.7 Å². The molecule has 0 spiro atoms. The van der Waals surface area contributed by atoms with Gasteiger partial charge in [0.05, 0.1) is 5.56 Å². The minimum atomic E-state index is -4.35. The molecular formula is C13H11F3N2O. The summed E-state index contributed by atoms with van der Waals surface area (Å²) in [6, 6.07) is 4.46. The van der Waals surface area contributed by atoms with Crippen molar-refractivity contribution in [3.63, 3.8) is 0 Å². The number of ether oxygens (including phenoxy) is 1. The molecule has 0 atom stereocenters. The molecule has 2 aromatic rings. The molecule has 1 aromatic heterocycles. The van der Waals surface area contributed by atoms with E-state index in [-0.39, 0.29) is 0 Å². The third-order valence-corrected chi connectivity index (χ3v) is 2.47. The first-order valence-electron chi connectivity index (χ1n) is 5.65. The van der Waals surface area contributed by atoms with Gasteiger partial charge in [-0.05, 0) is 30.7 Å². The van der Waals surface area contributed by atoms with Crippen LogP contribution in [-0.2, 0) is 12.6 Å². The average Bonchev–Trinajstić information content (AvgIpc) is 2.39. The normalized spacial score (nSPS) is 11.4. The number of halogens is 3. The minimum Gasteiger partial charge on any atom is -0.437 e. The summed E-state index contributed by atoms with van der Waals surface area (Å²) in [4.78, 5) is 8.09. The third kappa shape index (κ3) is 3.21. The van der Waals surface area contributed by atoms with Crippen molar-refractivity contribution >= 4 is 0 Å². The number of aryl methyl sites for hydroxylation is 1. The summed E-state index contributed by atoms with van der Waals surface area (Å²) in [7, 11) is 0. The van der Waals surface area contributed by atoms with Gasteiger partial charge in [-0.1, -0.05) is 6.92 Å². The lowest BCUT2D eigenvalue weighted by Gasteiger charge is -2.09. The number of benzene rings is 1. The molecule has 100 valence electrons. The standard InChI is InChI=1S/C13H11F3N2O/c1-2-11-12(18-8-7-17-11)19-10-5-3-9(4-6-10)13(14,15)16/h3-8H,2H2,1H3. The maximum Gasteiger partial charge on any atom is 0.416 e. The predicted octanol–water partition coefficient (Wildman–Crippen LogP) is 3.85. The molecule has 1 heterocycles. The van der Waals surface area contributed by atoms with Crippen molar-refractivity contribution in [2.24, 2.45) is 0 Å². The van der Waals surface area contributed by atoms with Crippen LogP contribution in [-0.4, -0.2) is 9.97 Å². The Morgan fingerprint density at radius 3 is 2.26 bits per heavy atom. The summed E-state index contributed by atoms with van der Waals surface area (Å²) in [6.45, 7) is 1.89. The van der Waals surface area contributed by atoms with Gasteiger partial charge in [-0.15, -0.1) is 0 Å². The number of aromatic nitrogens is 2. The molecule has 0 amide bonds. The highest BCUT2D eigenvalue weighted by atomic mass is 19.4. The molecule has 1 aromatic carbocycles. The lowest BCUT2D eigenvalue weighted by Crippen LogP contribution is -2.04. The second kappa shape index (κ2) is 5.26. The van der Waals surface area contributed by atoms with E-state index in [0.29, 0.717) is 23.7 Å². The van der Waals surface area contributed by atoms with Crippen molar-refractivity contribution in [1.29, 1.82) is 0 Å². The lowest BCUT2D eigenvalue weighted by molar-refractivity contribution is -0.137. The molecule has 2 rings (SSSR count). The van der Waals surface area contributed by atoms with Gasteiger partial charge in [0, 0.05) is 12.4 Å². The van der Waals surface area contributed by atoms with E-state index in [9.17, 15) is 13.2 Å². The van der Waals surface area contributed by atoms with E-state index in [1.165, 1.54) is 18.3 Å². The monoisotopic (exact) mass is 268 g/mol. The van der Waals surface area contributed by atoms with Gasteiger partial charge in [-0.2, -0.15) is 13.2 Å².